The van der Waals surface area contributed by atoms with Gasteiger partial charge in [0.1, 0.15) is 5.02 Å². The van der Waals surface area contributed by atoms with Crippen LogP contribution in [0, 0.1) is 10.1 Å². The zero-order valence-corrected chi connectivity index (χ0v) is 12.4. The Morgan fingerprint density at radius 1 is 1.27 bits per heavy atom. The van der Waals surface area contributed by atoms with Crippen LogP contribution in [0.5, 0.6) is 0 Å². The van der Waals surface area contributed by atoms with E-state index >= 15 is 0 Å². The summed E-state index contributed by atoms with van der Waals surface area (Å²) < 4.78 is 0. The lowest BCUT2D eigenvalue weighted by Gasteiger charge is -2.31. The normalized spacial score (nSPS) is 21.4. The molecule has 6 nitrogen and oxygen atoms in total. The number of rotatable bonds is 2. The highest BCUT2D eigenvalue weighted by Gasteiger charge is 2.35. The molecule has 0 radical (unpaired) electrons. The van der Waals surface area contributed by atoms with E-state index in [1.54, 1.807) is 6.07 Å². The van der Waals surface area contributed by atoms with Crippen LogP contribution in [-0.4, -0.2) is 16.6 Å². The Hall–Kier alpha value is -2.21. The second-order valence-corrected chi connectivity index (χ2v) is 5.85. The largest absolute Gasteiger partial charge is 0.329 e. The van der Waals surface area contributed by atoms with Gasteiger partial charge in [-0.3, -0.25) is 19.7 Å². The Bertz CT molecular complexity index is 726. The molecule has 7 heteroatoms. The van der Waals surface area contributed by atoms with Gasteiger partial charge in [-0.1, -0.05) is 17.7 Å². The highest BCUT2D eigenvalue weighted by Crippen LogP contribution is 2.39. The minimum atomic E-state index is -0.563. The third-order valence-corrected chi connectivity index (χ3v) is 4.37. The topological polar surface area (TPSA) is 89.3 Å². The molecule has 1 aromatic carbocycles. The fourth-order valence-corrected chi connectivity index (χ4v) is 3.26. The number of hydrogen-bond acceptors (Lipinski definition) is 4. The maximum Gasteiger partial charge on any atom is 0.288 e. The van der Waals surface area contributed by atoms with Crippen LogP contribution in [0.3, 0.4) is 0 Å². The second kappa shape index (κ2) is 5.53. The molecule has 1 amide bonds. The van der Waals surface area contributed by atoms with Gasteiger partial charge in [-0.25, -0.2) is 0 Å². The van der Waals surface area contributed by atoms with Crippen molar-refractivity contribution in [1.29, 1.82) is 0 Å². The number of nitrogens with one attached hydrogen (secondary N) is 1. The van der Waals surface area contributed by atoms with E-state index in [2.05, 4.69) is 5.32 Å². The summed E-state index contributed by atoms with van der Waals surface area (Å²) in [7, 11) is 0. The van der Waals surface area contributed by atoms with E-state index in [4.69, 9.17) is 11.6 Å². The molecular formula is C15H13ClN2O4. The minimum absolute atomic E-state index is 0.00357. The predicted octanol–water partition coefficient (Wildman–Crippen LogP) is 2.86. The molecule has 1 N–H and O–H groups in total. The number of Topliss-reactive ketones (excluding diaryl/α,β-unsaturated/α-hetero) is 1. The summed E-state index contributed by atoms with van der Waals surface area (Å²) >= 11 is 5.82. The lowest BCUT2D eigenvalue weighted by molar-refractivity contribution is -0.384. The Labute approximate surface area is 131 Å². The SMILES string of the molecule is O=C1CC(c2ccc(Cl)c([N+](=O)[O-])c2)C2=C(CCCC2=O)N1. The average molecular weight is 321 g/mol. The molecular weight excluding hydrogens is 308 g/mol. The van der Waals surface area contributed by atoms with Gasteiger partial charge in [0.2, 0.25) is 5.91 Å². The zero-order valence-electron chi connectivity index (χ0n) is 11.6. The molecule has 3 rings (SSSR count). The lowest BCUT2D eigenvalue weighted by Crippen LogP contribution is -2.36. The van der Waals surface area contributed by atoms with Gasteiger partial charge in [-0.2, -0.15) is 0 Å². The van der Waals surface area contributed by atoms with Gasteiger partial charge in [0.25, 0.3) is 5.69 Å². The first-order valence-corrected chi connectivity index (χ1v) is 7.35. The summed E-state index contributed by atoms with van der Waals surface area (Å²) in [6.07, 6.45) is 1.93. The first-order valence-electron chi connectivity index (χ1n) is 6.97. The number of carbonyl (C=O) groups is 2. The van der Waals surface area contributed by atoms with Crippen molar-refractivity contribution in [2.24, 2.45) is 0 Å². The Morgan fingerprint density at radius 2 is 2.05 bits per heavy atom. The molecule has 0 aromatic heterocycles. The van der Waals surface area contributed by atoms with E-state index in [0.29, 0.717) is 36.1 Å². The van der Waals surface area contributed by atoms with Gasteiger partial charge in [-0.15, -0.1) is 0 Å². The summed E-state index contributed by atoms with van der Waals surface area (Å²) in [6.45, 7) is 0. The average Bonchev–Trinajstić information content (AvgIpc) is 2.46. The second-order valence-electron chi connectivity index (χ2n) is 5.44. The predicted molar refractivity (Wildman–Crippen MR) is 79.5 cm³/mol. The van der Waals surface area contributed by atoms with Crippen LogP contribution in [0.4, 0.5) is 5.69 Å². The van der Waals surface area contributed by atoms with Crippen molar-refractivity contribution >= 4 is 29.0 Å². The molecule has 0 fully saturated rings. The molecule has 0 saturated carbocycles. The number of hydrogen-bond donors (Lipinski definition) is 1. The third kappa shape index (κ3) is 2.50. The van der Waals surface area contributed by atoms with Crippen LogP contribution in [-0.2, 0) is 9.59 Å². The number of nitro groups is 1. The number of ketones is 1. The van der Waals surface area contributed by atoms with Crippen molar-refractivity contribution in [3.63, 3.8) is 0 Å². The van der Waals surface area contributed by atoms with E-state index in [9.17, 15) is 19.7 Å². The Balaban J connectivity index is 2.10. The summed E-state index contributed by atoms with van der Waals surface area (Å²) in [4.78, 5) is 34.6. The molecule has 1 unspecified atom stereocenters. The highest BCUT2D eigenvalue weighted by molar-refractivity contribution is 6.32. The number of nitro benzene ring substituents is 1. The van der Waals surface area contributed by atoms with Gasteiger partial charge in [0, 0.05) is 36.1 Å². The third-order valence-electron chi connectivity index (χ3n) is 4.05. The number of halogens is 1. The first-order chi connectivity index (χ1) is 10.5. The molecule has 0 bridgehead atoms. The van der Waals surface area contributed by atoms with E-state index in [1.165, 1.54) is 12.1 Å². The standard InChI is InChI=1S/C15H13ClN2O4/c16-10-5-4-8(6-12(10)18(21)22)9-7-14(20)17-11-2-1-3-13(19)15(9)11/h4-6,9H,1-3,7H2,(H,17,20). The lowest BCUT2D eigenvalue weighted by atomic mass is 9.78. The Kier molecular flexibility index (Phi) is 3.70. The molecule has 22 heavy (non-hydrogen) atoms. The number of carbonyl (C=O) groups excluding carboxylic acids is 2. The maximum atomic E-state index is 12.2. The van der Waals surface area contributed by atoms with Crippen molar-refractivity contribution in [3.05, 3.63) is 50.2 Å². The van der Waals surface area contributed by atoms with Crippen molar-refractivity contribution in [2.45, 2.75) is 31.6 Å². The van der Waals surface area contributed by atoms with Gasteiger partial charge >= 0.3 is 0 Å². The first kappa shape index (κ1) is 14.7. The summed E-state index contributed by atoms with van der Waals surface area (Å²) in [6, 6.07) is 4.44. The maximum absolute atomic E-state index is 12.2. The summed E-state index contributed by atoms with van der Waals surface area (Å²) in [5.74, 6) is -0.604. The fourth-order valence-electron chi connectivity index (χ4n) is 3.08. The van der Waals surface area contributed by atoms with Crippen molar-refractivity contribution in [1.82, 2.24) is 5.32 Å². The number of nitrogens with zero attached hydrogens (tertiary/aromatic N) is 1. The smallest absolute Gasteiger partial charge is 0.288 e. The van der Waals surface area contributed by atoms with Crippen molar-refractivity contribution < 1.29 is 14.5 Å². The summed E-state index contributed by atoms with van der Waals surface area (Å²) in [5.41, 5.74) is 1.61. The highest BCUT2D eigenvalue weighted by atomic mass is 35.5. The molecule has 1 aliphatic carbocycles. The number of amides is 1. The Morgan fingerprint density at radius 3 is 2.77 bits per heavy atom. The van der Waals surface area contributed by atoms with Gasteiger partial charge in [0.05, 0.1) is 4.92 Å². The molecule has 114 valence electrons. The molecule has 2 aliphatic rings. The zero-order chi connectivity index (χ0) is 15.9. The van der Waals surface area contributed by atoms with Crippen LogP contribution in [0.15, 0.2) is 29.5 Å². The summed E-state index contributed by atoms with van der Waals surface area (Å²) in [5, 5.41) is 13.8. The van der Waals surface area contributed by atoms with Crippen LogP contribution in [0.2, 0.25) is 5.02 Å². The van der Waals surface area contributed by atoms with Gasteiger partial charge < -0.3 is 5.32 Å². The molecule has 1 heterocycles. The van der Waals surface area contributed by atoms with E-state index in [0.717, 1.165) is 0 Å². The van der Waals surface area contributed by atoms with Crippen LogP contribution in [0.1, 0.15) is 37.2 Å². The van der Waals surface area contributed by atoms with E-state index in [-0.39, 0.29) is 28.8 Å². The molecule has 0 saturated heterocycles. The van der Waals surface area contributed by atoms with E-state index in [1.807, 2.05) is 0 Å². The van der Waals surface area contributed by atoms with Crippen molar-refractivity contribution in [3.8, 4) is 0 Å². The number of benzene rings is 1. The van der Waals surface area contributed by atoms with Crippen LogP contribution < -0.4 is 5.32 Å². The molecule has 1 atom stereocenters. The van der Waals surface area contributed by atoms with Gasteiger partial charge in [-0.05, 0) is 24.5 Å². The molecule has 1 aliphatic heterocycles. The van der Waals surface area contributed by atoms with E-state index < -0.39 is 10.8 Å². The van der Waals surface area contributed by atoms with Crippen LogP contribution in [0.25, 0.3) is 0 Å². The molecule has 1 aromatic rings. The van der Waals surface area contributed by atoms with Crippen LogP contribution >= 0.6 is 11.6 Å². The monoisotopic (exact) mass is 320 g/mol. The fraction of sp³-hybridized carbons (Fsp3) is 0.333. The quantitative estimate of drug-likeness (QED) is 0.670. The number of allylic oxidation sites excluding steroid dienone is 2. The molecule has 0 spiro atoms. The minimum Gasteiger partial charge on any atom is -0.329 e. The van der Waals surface area contributed by atoms with Gasteiger partial charge in [0.15, 0.2) is 5.78 Å². The van der Waals surface area contributed by atoms with Crippen molar-refractivity contribution in [2.75, 3.05) is 0 Å².